The molecule has 92 valence electrons. The zero-order valence-electron chi connectivity index (χ0n) is 9.74. The zero-order valence-corrected chi connectivity index (χ0v) is 11.3. The molecular weight excluding hydrogens is 282 g/mol. The van der Waals surface area contributed by atoms with Gasteiger partial charge in [0.05, 0.1) is 5.69 Å². The maximum atomic E-state index is 11.8. The third-order valence-corrected chi connectivity index (χ3v) is 3.72. The number of nitrogen functional groups attached to an aromatic ring is 1. The quantitative estimate of drug-likeness (QED) is 0.818. The highest BCUT2D eigenvalue weighted by Gasteiger charge is 2.31. The van der Waals surface area contributed by atoms with Crippen LogP contribution >= 0.6 is 15.9 Å². The first-order valence-corrected chi connectivity index (χ1v) is 6.46. The highest BCUT2D eigenvalue weighted by molar-refractivity contribution is 9.10. The fourth-order valence-electron chi connectivity index (χ4n) is 2.25. The van der Waals surface area contributed by atoms with Gasteiger partial charge in [-0.25, -0.2) is 0 Å². The van der Waals surface area contributed by atoms with Crippen LogP contribution in [0.4, 0.5) is 11.4 Å². The van der Waals surface area contributed by atoms with Gasteiger partial charge in [0.1, 0.15) is 6.04 Å². The minimum Gasteiger partial charge on any atom is -0.399 e. The number of anilines is 2. The fraction of sp³-hybridized carbons (Fsp3) is 0.417. The topological polar surface area (TPSA) is 58.4 Å². The van der Waals surface area contributed by atoms with Gasteiger partial charge in [0.25, 0.3) is 0 Å². The molecule has 4 nitrogen and oxygen atoms in total. The average molecular weight is 298 g/mol. The van der Waals surface area contributed by atoms with Crippen molar-refractivity contribution >= 4 is 33.2 Å². The molecule has 1 saturated heterocycles. The Bertz CT molecular complexity index is 436. The van der Waals surface area contributed by atoms with Crippen molar-refractivity contribution in [1.29, 1.82) is 0 Å². The van der Waals surface area contributed by atoms with E-state index in [0.29, 0.717) is 0 Å². The average Bonchev–Trinajstić information content (AvgIpc) is 2.77. The maximum Gasteiger partial charge on any atom is 0.242 e. The van der Waals surface area contributed by atoms with E-state index in [2.05, 4.69) is 26.1 Å². The highest BCUT2D eigenvalue weighted by Crippen LogP contribution is 2.33. The molecule has 0 radical (unpaired) electrons. The van der Waals surface area contributed by atoms with E-state index in [1.165, 1.54) is 0 Å². The molecule has 1 fully saturated rings. The molecule has 3 N–H and O–H groups in total. The standard InChI is InChI=1S/C12H16BrN3O/c1-15-12(17)11-3-2-6-16(11)10-5-4-8(14)7-9(10)13/h4-5,7,11H,2-3,6,14H2,1H3,(H,15,17). The number of likely N-dealkylation sites (N-methyl/N-ethyl adjacent to an activating group) is 1. The van der Waals surface area contributed by atoms with Crippen LogP contribution in [0, 0.1) is 0 Å². The Labute approximate surface area is 109 Å². The zero-order chi connectivity index (χ0) is 12.4. The molecule has 1 aliphatic heterocycles. The summed E-state index contributed by atoms with van der Waals surface area (Å²) in [7, 11) is 1.68. The molecule has 1 unspecified atom stereocenters. The van der Waals surface area contributed by atoms with E-state index in [9.17, 15) is 4.79 Å². The molecule has 2 rings (SSSR count). The Morgan fingerprint density at radius 3 is 3.00 bits per heavy atom. The molecule has 1 aliphatic rings. The Morgan fingerprint density at radius 2 is 2.35 bits per heavy atom. The van der Waals surface area contributed by atoms with Crippen LogP contribution in [0.5, 0.6) is 0 Å². The van der Waals surface area contributed by atoms with Crippen molar-refractivity contribution in [3.8, 4) is 0 Å². The van der Waals surface area contributed by atoms with Crippen molar-refractivity contribution in [3.63, 3.8) is 0 Å². The van der Waals surface area contributed by atoms with Crippen molar-refractivity contribution in [1.82, 2.24) is 5.32 Å². The molecule has 0 aliphatic carbocycles. The molecule has 0 saturated carbocycles. The summed E-state index contributed by atoms with van der Waals surface area (Å²) in [5.41, 5.74) is 7.47. The molecule has 17 heavy (non-hydrogen) atoms. The van der Waals surface area contributed by atoms with Gasteiger partial charge in [-0.2, -0.15) is 0 Å². The van der Waals surface area contributed by atoms with Crippen LogP contribution in [0.3, 0.4) is 0 Å². The number of nitrogens with two attached hydrogens (primary N) is 1. The van der Waals surface area contributed by atoms with Gasteiger partial charge in [0, 0.05) is 23.8 Å². The van der Waals surface area contributed by atoms with Crippen LogP contribution in [0.15, 0.2) is 22.7 Å². The number of hydrogen-bond acceptors (Lipinski definition) is 3. The first kappa shape index (κ1) is 12.2. The summed E-state index contributed by atoms with van der Waals surface area (Å²) < 4.78 is 0.938. The number of amides is 1. The van der Waals surface area contributed by atoms with Gasteiger partial charge >= 0.3 is 0 Å². The van der Waals surface area contributed by atoms with E-state index >= 15 is 0 Å². The lowest BCUT2D eigenvalue weighted by atomic mass is 10.2. The number of nitrogens with one attached hydrogen (secondary N) is 1. The van der Waals surface area contributed by atoms with Gasteiger partial charge in [0.15, 0.2) is 0 Å². The number of carbonyl (C=O) groups is 1. The predicted molar refractivity (Wildman–Crippen MR) is 73.0 cm³/mol. The molecule has 1 amide bonds. The van der Waals surface area contributed by atoms with Crippen molar-refractivity contribution in [2.24, 2.45) is 0 Å². The summed E-state index contributed by atoms with van der Waals surface area (Å²) in [5.74, 6) is 0.0752. The molecule has 0 aromatic heterocycles. The SMILES string of the molecule is CNC(=O)C1CCCN1c1ccc(N)cc1Br. The van der Waals surface area contributed by atoms with Gasteiger partial charge in [-0.15, -0.1) is 0 Å². The molecule has 5 heteroatoms. The Kier molecular flexibility index (Phi) is 3.57. The second kappa shape index (κ2) is 4.96. The third kappa shape index (κ3) is 2.39. The van der Waals surface area contributed by atoms with Crippen LogP contribution in [-0.2, 0) is 4.79 Å². The summed E-state index contributed by atoms with van der Waals surface area (Å²) >= 11 is 3.50. The second-order valence-electron chi connectivity index (χ2n) is 4.18. The minimum atomic E-state index is -0.0695. The number of carbonyl (C=O) groups excluding carboxylic acids is 1. The van der Waals surface area contributed by atoms with E-state index < -0.39 is 0 Å². The van der Waals surface area contributed by atoms with Gasteiger partial charge in [-0.05, 0) is 47.0 Å². The molecule has 1 aromatic rings. The van der Waals surface area contributed by atoms with E-state index in [-0.39, 0.29) is 11.9 Å². The molecule has 0 bridgehead atoms. The Balaban J connectivity index is 2.29. The van der Waals surface area contributed by atoms with Crippen molar-refractivity contribution in [2.45, 2.75) is 18.9 Å². The van der Waals surface area contributed by atoms with E-state index in [1.807, 2.05) is 18.2 Å². The number of nitrogens with zero attached hydrogens (tertiary/aromatic N) is 1. The van der Waals surface area contributed by atoms with Crippen molar-refractivity contribution in [2.75, 3.05) is 24.2 Å². The highest BCUT2D eigenvalue weighted by atomic mass is 79.9. The number of rotatable bonds is 2. The predicted octanol–water partition coefficient (Wildman–Crippen LogP) is 1.75. The fourth-order valence-corrected chi connectivity index (χ4v) is 2.87. The number of benzene rings is 1. The van der Waals surface area contributed by atoms with Crippen LogP contribution in [-0.4, -0.2) is 25.5 Å². The van der Waals surface area contributed by atoms with E-state index in [1.54, 1.807) is 7.05 Å². The van der Waals surface area contributed by atoms with Crippen molar-refractivity contribution in [3.05, 3.63) is 22.7 Å². The lowest BCUT2D eigenvalue weighted by Crippen LogP contribution is -2.42. The second-order valence-corrected chi connectivity index (χ2v) is 5.03. The smallest absolute Gasteiger partial charge is 0.242 e. The summed E-state index contributed by atoms with van der Waals surface area (Å²) in [6.45, 7) is 0.903. The summed E-state index contributed by atoms with van der Waals surface area (Å²) in [5, 5.41) is 2.72. The van der Waals surface area contributed by atoms with Crippen molar-refractivity contribution < 1.29 is 4.79 Å². The monoisotopic (exact) mass is 297 g/mol. The lowest BCUT2D eigenvalue weighted by molar-refractivity contribution is -0.121. The van der Waals surface area contributed by atoms with Crippen LogP contribution < -0.4 is 16.0 Å². The minimum absolute atomic E-state index is 0.0695. The Morgan fingerprint density at radius 1 is 1.59 bits per heavy atom. The summed E-state index contributed by atoms with van der Waals surface area (Å²) in [6.07, 6.45) is 1.94. The normalized spacial score (nSPS) is 19.4. The molecule has 1 atom stereocenters. The van der Waals surface area contributed by atoms with Gasteiger partial charge in [-0.1, -0.05) is 0 Å². The number of hydrogen-bond donors (Lipinski definition) is 2. The summed E-state index contributed by atoms with van der Waals surface area (Å²) in [4.78, 5) is 13.9. The van der Waals surface area contributed by atoms with Crippen LogP contribution in [0.25, 0.3) is 0 Å². The lowest BCUT2D eigenvalue weighted by Gasteiger charge is -2.26. The number of halogens is 1. The van der Waals surface area contributed by atoms with Crippen LogP contribution in [0.1, 0.15) is 12.8 Å². The van der Waals surface area contributed by atoms with E-state index in [4.69, 9.17) is 5.73 Å². The van der Waals surface area contributed by atoms with Gasteiger partial charge < -0.3 is 16.0 Å². The van der Waals surface area contributed by atoms with Gasteiger partial charge in [-0.3, -0.25) is 4.79 Å². The molecular formula is C12H16BrN3O. The Hall–Kier alpha value is -1.23. The molecule has 1 heterocycles. The van der Waals surface area contributed by atoms with E-state index in [0.717, 1.165) is 35.2 Å². The van der Waals surface area contributed by atoms with Gasteiger partial charge in [0.2, 0.25) is 5.91 Å². The largest absolute Gasteiger partial charge is 0.399 e. The molecule has 0 spiro atoms. The molecule has 1 aromatic carbocycles. The summed E-state index contributed by atoms with van der Waals surface area (Å²) in [6, 6.07) is 5.62. The maximum absolute atomic E-state index is 11.8. The first-order chi connectivity index (χ1) is 8.13. The first-order valence-electron chi connectivity index (χ1n) is 5.66. The van der Waals surface area contributed by atoms with Crippen LogP contribution in [0.2, 0.25) is 0 Å². The third-order valence-electron chi connectivity index (χ3n) is 3.08.